The van der Waals surface area contributed by atoms with E-state index in [1.165, 1.54) is 0 Å². The summed E-state index contributed by atoms with van der Waals surface area (Å²) in [5, 5.41) is 7.62. The maximum absolute atomic E-state index is 12.1. The van der Waals surface area contributed by atoms with E-state index in [1.54, 1.807) is 33.9 Å². The van der Waals surface area contributed by atoms with Gasteiger partial charge in [-0.15, -0.1) is 5.10 Å². The first-order valence-corrected chi connectivity index (χ1v) is 7.33. The van der Waals surface area contributed by atoms with Crippen molar-refractivity contribution in [3.05, 3.63) is 43.6 Å². The summed E-state index contributed by atoms with van der Waals surface area (Å²) in [4.78, 5) is 27.1. The van der Waals surface area contributed by atoms with E-state index in [1.807, 2.05) is 18.2 Å². The third kappa shape index (κ3) is 3.60. The predicted molar refractivity (Wildman–Crippen MR) is 87.6 cm³/mol. The molecule has 0 aliphatic carbocycles. The van der Waals surface area contributed by atoms with Gasteiger partial charge >= 0.3 is 6.09 Å². The molecule has 1 saturated heterocycles. The smallest absolute Gasteiger partial charge is 0.414 e. The van der Waals surface area contributed by atoms with Crippen molar-refractivity contribution in [2.24, 2.45) is 0 Å². The first-order chi connectivity index (χ1) is 11.1. The molecule has 2 aromatic rings. The van der Waals surface area contributed by atoms with Crippen LogP contribution in [0.25, 0.3) is 0 Å². The molecule has 0 saturated carbocycles. The molecule has 3 heterocycles. The third-order valence-electron chi connectivity index (χ3n) is 4.19. The van der Waals surface area contributed by atoms with Crippen molar-refractivity contribution in [3.8, 4) is 0 Å². The maximum Gasteiger partial charge on any atom is 0.414 e. The molecule has 1 aromatic heterocycles. The normalized spacial score (nSPS) is 18.5. The molecule has 0 N–H and O–H groups in total. The number of amides is 2. The van der Waals surface area contributed by atoms with Crippen LogP contribution in [-0.2, 0) is 55.2 Å². The van der Waals surface area contributed by atoms with Gasteiger partial charge in [0.15, 0.2) is 0 Å². The first kappa shape index (κ1) is 19.5. The summed E-state index contributed by atoms with van der Waals surface area (Å²) in [6.45, 7) is 0.912. The van der Waals surface area contributed by atoms with Crippen LogP contribution in [0.1, 0.15) is 5.56 Å². The number of rotatable bonds is 3. The Morgan fingerprint density at radius 3 is 2.84 bits per heavy atom. The Balaban J connectivity index is 0.00000113. The average molecular weight is 417 g/mol. The van der Waals surface area contributed by atoms with Crippen molar-refractivity contribution < 1.29 is 47.0 Å². The van der Waals surface area contributed by atoms with Gasteiger partial charge in [0, 0.05) is 57.3 Å². The number of hydrogen-bond donors (Lipinski definition) is 0. The van der Waals surface area contributed by atoms with E-state index in [-0.39, 0.29) is 58.2 Å². The largest absolute Gasteiger partial charge is 0.442 e. The van der Waals surface area contributed by atoms with Crippen molar-refractivity contribution in [2.75, 3.05) is 23.4 Å². The second kappa shape index (κ2) is 7.62. The summed E-state index contributed by atoms with van der Waals surface area (Å²) in [6.07, 6.45) is 3.02. The van der Waals surface area contributed by atoms with Gasteiger partial charge in [0.25, 0.3) is 0 Å². The zero-order chi connectivity index (χ0) is 16.0. The van der Waals surface area contributed by atoms with E-state index in [0.29, 0.717) is 19.5 Å². The van der Waals surface area contributed by atoms with E-state index < -0.39 is 0 Å². The van der Waals surface area contributed by atoms with Gasteiger partial charge in [-0.25, -0.2) is 9.48 Å². The van der Waals surface area contributed by atoms with Crippen molar-refractivity contribution in [1.82, 2.24) is 15.0 Å². The SMILES string of the molecule is CN1C(=O)Cc2cc(N3C[C@H](Cn4ccnn4)OC3=O)ccc21.[CH3-].[Y]. The Bertz CT molecular complexity index is 780. The van der Waals surface area contributed by atoms with E-state index >= 15 is 0 Å². The predicted octanol–water partition coefficient (Wildman–Crippen LogP) is 1.27. The fourth-order valence-corrected chi connectivity index (χ4v) is 2.99. The van der Waals surface area contributed by atoms with Gasteiger partial charge in [0.05, 0.1) is 25.7 Å². The number of ether oxygens (including phenoxy) is 1. The van der Waals surface area contributed by atoms with Crippen LogP contribution in [0.15, 0.2) is 30.6 Å². The second-order valence-corrected chi connectivity index (χ2v) is 5.68. The van der Waals surface area contributed by atoms with E-state index in [4.69, 9.17) is 4.74 Å². The summed E-state index contributed by atoms with van der Waals surface area (Å²) < 4.78 is 7.02. The number of aromatic nitrogens is 3. The van der Waals surface area contributed by atoms with E-state index in [2.05, 4.69) is 10.3 Å². The summed E-state index contributed by atoms with van der Waals surface area (Å²) >= 11 is 0. The number of carbonyl (C=O) groups is 2. The quantitative estimate of drug-likeness (QED) is 0.703. The summed E-state index contributed by atoms with van der Waals surface area (Å²) in [7, 11) is 1.76. The molecular formula is C16H18N5O3Y-. The Morgan fingerprint density at radius 2 is 2.12 bits per heavy atom. The fraction of sp³-hybridized carbons (Fsp3) is 0.312. The van der Waals surface area contributed by atoms with E-state index in [9.17, 15) is 9.59 Å². The number of nitrogens with zero attached hydrogens (tertiary/aromatic N) is 5. The Labute approximate surface area is 171 Å². The van der Waals surface area contributed by atoms with Crippen LogP contribution in [0.2, 0.25) is 0 Å². The second-order valence-electron chi connectivity index (χ2n) is 5.68. The molecule has 4 rings (SSSR count). The van der Waals surface area contributed by atoms with Gasteiger partial charge in [-0.2, -0.15) is 0 Å². The molecule has 2 amide bonds. The minimum Gasteiger partial charge on any atom is -0.442 e. The fourth-order valence-electron chi connectivity index (χ4n) is 2.99. The van der Waals surface area contributed by atoms with E-state index in [0.717, 1.165) is 16.9 Å². The monoisotopic (exact) mass is 417 g/mol. The Hall–Kier alpha value is -1.80. The molecule has 2 aliphatic heterocycles. The molecule has 9 heteroatoms. The minimum absolute atomic E-state index is 0. The van der Waals surface area contributed by atoms with Crippen LogP contribution in [0.5, 0.6) is 0 Å². The van der Waals surface area contributed by atoms with Crippen molar-refractivity contribution in [2.45, 2.75) is 19.1 Å². The minimum atomic E-state index is -0.382. The number of likely N-dealkylation sites (N-methyl/N-ethyl adjacent to an activating group) is 1. The van der Waals surface area contributed by atoms with Gasteiger partial charge < -0.3 is 17.1 Å². The van der Waals surface area contributed by atoms with Crippen LogP contribution in [0.4, 0.5) is 16.2 Å². The van der Waals surface area contributed by atoms with Crippen LogP contribution in [0, 0.1) is 7.43 Å². The summed E-state index contributed by atoms with van der Waals surface area (Å²) in [5.41, 5.74) is 2.57. The molecular weight excluding hydrogens is 399 g/mol. The molecule has 1 atom stereocenters. The van der Waals surface area contributed by atoms with Crippen molar-refractivity contribution >= 4 is 23.4 Å². The van der Waals surface area contributed by atoms with Gasteiger partial charge in [-0.05, 0) is 23.8 Å². The number of hydrogen-bond acceptors (Lipinski definition) is 5. The molecule has 129 valence electrons. The maximum atomic E-state index is 12.1. The number of carbonyl (C=O) groups excluding carboxylic acids is 2. The Morgan fingerprint density at radius 1 is 1.32 bits per heavy atom. The topological polar surface area (TPSA) is 80.6 Å². The molecule has 0 bridgehead atoms. The molecule has 25 heavy (non-hydrogen) atoms. The molecule has 2 aliphatic rings. The standard InChI is InChI=1S/C15H15N5O3.CH3.Y/c1-18-13-3-2-11(6-10(13)7-14(18)21)20-9-12(23-15(20)22)8-19-5-4-16-17-19;;/h2-6,12H,7-9H2,1H3;1H3;/q;-1;/t12-;;/m0../s1. The number of fused-ring (bicyclic) bond motifs is 1. The molecule has 8 nitrogen and oxygen atoms in total. The molecule has 0 spiro atoms. The Kier molecular flexibility index (Phi) is 5.95. The molecule has 0 unspecified atom stereocenters. The number of anilines is 2. The van der Waals surface area contributed by atoms with Gasteiger partial charge in [0.2, 0.25) is 5.91 Å². The first-order valence-electron chi connectivity index (χ1n) is 7.33. The van der Waals surface area contributed by atoms with Gasteiger partial charge in [-0.1, -0.05) is 5.21 Å². The van der Waals surface area contributed by atoms with Crippen LogP contribution < -0.4 is 9.80 Å². The van der Waals surface area contributed by atoms with Crippen molar-refractivity contribution in [1.29, 1.82) is 0 Å². The van der Waals surface area contributed by atoms with Gasteiger partial charge in [0.1, 0.15) is 6.10 Å². The van der Waals surface area contributed by atoms with Crippen LogP contribution in [0.3, 0.4) is 0 Å². The van der Waals surface area contributed by atoms with Gasteiger partial charge in [-0.3, -0.25) is 9.69 Å². The molecule has 1 aromatic carbocycles. The van der Waals surface area contributed by atoms with Crippen molar-refractivity contribution in [3.63, 3.8) is 0 Å². The third-order valence-corrected chi connectivity index (χ3v) is 4.19. The summed E-state index contributed by atoms with van der Waals surface area (Å²) in [6, 6.07) is 5.59. The summed E-state index contributed by atoms with van der Waals surface area (Å²) in [5.74, 6) is 0.0604. The van der Waals surface area contributed by atoms with Crippen LogP contribution >= 0.6 is 0 Å². The number of benzene rings is 1. The van der Waals surface area contributed by atoms with Crippen LogP contribution in [-0.4, -0.2) is 46.7 Å². The molecule has 1 radical (unpaired) electrons. The zero-order valence-electron chi connectivity index (χ0n) is 14.1. The average Bonchev–Trinajstić information content (AvgIpc) is 3.22. The zero-order valence-corrected chi connectivity index (χ0v) is 17.0. The number of cyclic esters (lactones) is 1. The molecule has 1 fully saturated rings.